The van der Waals surface area contributed by atoms with Crippen LogP contribution < -0.4 is 15.1 Å². The highest BCUT2D eigenvalue weighted by molar-refractivity contribution is 6.11. The van der Waals surface area contributed by atoms with Crippen molar-refractivity contribution in [3.63, 3.8) is 0 Å². The van der Waals surface area contributed by atoms with Gasteiger partial charge in [0.2, 0.25) is 0 Å². The molecule has 60 heavy (non-hydrogen) atoms. The van der Waals surface area contributed by atoms with Gasteiger partial charge in [0.15, 0.2) is 5.82 Å². The summed E-state index contributed by atoms with van der Waals surface area (Å²) in [6.07, 6.45) is 1.69. The average molecular weight is 771 g/mol. The number of hydrogen-bond acceptors (Lipinski definition) is 4. The molecule has 0 aliphatic carbocycles. The third kappa shape index (κ3) is 5.31. The second-order valence-electron chi connectivity index (χ2n) is 15.3. The summed E-state index contributed by atoms with van der Waals surface area (Å²) in [5.74, 6) is 0.873. The van der Waals surface area contributed by atoms with Crippen LogP contribution in [0.25, 0.3) is 55.0 Å². The predicted molar refractivity (Wildman–Crippen MR) is 249 cm³/mol. The van der Waals surface area contributed by atoms with Crippen LogP contribution in [0.4, 0.5) is 34.3 Å². The molecule has 1 aliphatic heterocycles. The molecule has 1 aliphatic rings. The van der Waals surface area contributed by atoms with E-state index in [1.54, 1.807) is 0 Å². The van der Waals surface area contributed by atoms with E-state index < -0.39 is 0 Å². The zero-order chi connectivity index (χ0) is 39.6. The van der Waals surface area contributed by atoms with E-state index in [9.17, 15) is 0 Å². The van der Waals surface area contributed by atoms with Crippen LogP contribution in [0.5, 0.6) is 0 Å². The fraction of sp³-hybridized carbons (Fsp3) is 0.0185. The van der Waals surface area contributed by atoms with E-state index >= 15 is 0 Å². The van der Waals surface area contributed by atoms with Crippen molar-refractivity contribution in [2.45, 2.75) is 6.17 Å². The Bertz CT molecular complexity index is 3220. The summed E-state index contributed by atoms with van der Waals surface area (Å²) in [5.41, 5.74) is 13.2. The van der Waals surface area contributed by atoms with Crippen molar-refractivity contribution in [2.24, 2.45) is 0 Å². The average Bonchev–Trinajstić information content (AvgIpc) is 3.99. The van der Waals surface area contributed by atoms with Crippen LogP contribution in [0.15, 0.2) is 219 Å². The number of hydrogen-bond donors (Lipinski definition) is 1. The number of anilines is 6. The Morgan fingerprint density at radius 2 is 0.883 bits per heavy atom. The van der Waals surface area contributed by atoms with E-state index in [0.29, 0.717) is 0 Å². The highest BCUT2D eigenvalue weighted by atomic mass is 15.4. The van der Waals surface area contributed by atoms with Gasteiger partial charge in [-0.05, 0) is 90.5 Å². The summed E-state index contributed by atoms with van der Waals surface area (Å²) in [6.45, 7) is 0. The Morgan fingerprint density at radius 1 is 0.417 bits per heavy atom. The number of para-hydroxylation sites is 6. The second-order valence-corrected chi connectivity index (χ2v) is 15.3. The molecule has 1 N–H and O–H groups in total. The number of nitrogens with zero attached hydrogens (tertiary/aromatic N) is 5. The molecule has 6 heteroatoms. The molecule has 0 bridgehead atoms. The molecule has 0 amide bonds. The molecule has 11 aromatic rings. The molecule has 3 aromatic heterocycles. The molecule has 284 valence electrons. The first-order valence-electron chi connectivity index (χ1n) is 20.4. The van der Waals surface area contributed by atoms with Gasteiger partial charge < -0.3 is 19.4 Å². The van der Waals surface area contributed by atoms with Crippen molar-refractivity contribution >= 4 is 77.9 Å². The number of aromatic nitrogens is 3. The van der Waals surface area contributed by atoms with Gasteiger partial charge in [0.25, 0.3) is 0 Å². The molecule has 1 atom stereocenters. The predicted octanol–water partition coefficient (Wildman–Crippen LogP) is 14.0. The largest absolute Gasteiger partial charge is 0.356 e. The fourth-order valence-electron chi connectivity index (χ4n) is 9.35. The first-order chi connectivity index (χ1) is 29.8. The maximum absolute atomic E-state index is 5.18. The topological polar surface area (TPSA) is 41.3 Å². The van der Waals surface area contributed by atoms with Crippen molar-refractivity contribution < 1.29 is 0 Å². The summed E-state index contributed by atoms with van der Waals surface area (Å²) in [5, 5.41) is 8.96. The monoisotopic (exact) mass is 770 g/mol. The van der Waals surface area contributed by atoms with Crippen molar-refractivity contribution in [2.75, 3.05) is 15.1 Å². The summed E-state index contributed by atoms with van der Waals surface area (Å²) in [7, 11) is 0. The van der Waals surface area contributed by atoms with E-state index in [2.05, 4.69) is 237 Å². The number of pyridine rings is 1. The Morgan fingerprint density at radius 3 is 1.43 bits per heavy atom. The minimum absolute atomic E-state index is 0.258. The van der Waals surface area contributed by atoms with Gasteiger partial charge in [-0.3, -0.25) is 4.90 Å². The van der Waals surface area contributed by atoms with Crippen LogP contribution in [0.3, 0.4) is 0 Å². The molecule has 0 fully saturated rings. The van der Waals surface area contributed by atoms with E-state index in [4.69, 9.17) is 4.98 Å². The van der Waals surface area contributed by atoms with Crippen molar-refractivity contribution in [3.05, 3.63) is 224 Å². The summed E-state index contributed by atoms with van der Waals surface area (Å²) in [4.78, 5) is 9.84. The van der Waals surface area contributed by atoms with Gasteiger partial charge in [0, 0.05) is 56.2 Å². The fourth-order valence-corrected chi connectivity index (χ4v) is 9.35. The first kappa shape index (κ1) is 34.0. The number of rotatable bonds is 7. The standard InChI is InChI=1S/C54H38N6/c1-3-16-38(17-4-1)57(39-18-5-2-6-19-39)40-32-30-37(31-33-40)53-56-52-51(60-49-28-13-9-24-45(49)46-25-10-14-29-50(46)60)34-35-55-54(52)59(53)42-21-15-20-41(36-42)58-47-26-11-7-22-43(47)44-23-8-12-27-48(44)58/h1-36,53,56H. The zero-order valence-electron chi connectivity index (χ0n) is 32.6. The van der Waals surface area contributed by atoms with Crippen LogP contribution in [0.2, 0.25) is 0 Å². The smallest absolute Gasteiger partial charge is 0.160 e. The quantitative estimate of drug-likeness (QED) is 0.175. The maximum atomic E-state index is 5.18. The summed E-state index contributed by atoms with van der Waals surface area (Å²) < 4.78 is 4.76. The third-order valence-electron chi connectivity index (χ3n) is 11.9. The van der Waals surface area contributed by atoms with Crippen LogP contribution in [-0.4, -0.2) is 14.1 Å². The van der Waals surface area contributed by atoms with Gasteiger partial charge in [0.1, 0.15) is 11.9 Å². The van der Waals surface area contributed by atoms with E-state index in [0.717, 1.165) is 62.2 Å². The molecule has 0 radical (unpaired) electrons. The molecule has 4 heterocycles. The van der Waals surface area contributed by atoms with Gasteiger partial charge in [-0.2, -0.15) is 0 Å². The van der Waals surface area contributed by atoms with Gasteiger partial charge >= 0.3 is 0 Å². The second kappa shape index (κ2) is 13.8. The lowest BCUT2D eigenvalue weighted by molar-refractivity contribution is 0.819. The maximum Gasteiger partial charge on any atom is 0.160 e. The van der Waals surface area contributed by atoms with Crippen LogP contribution in [0, 0.1) is 0 Å². The number of fused-ring (bicyclic) bond motifs is 7. The SMILES string of the molecule is c1ccc(N(c2ccccc2)c2ccc(C3Nc4c(-n5c6ccccc6c6ccccc65)ccnc4N3c3cccc(-n4c5ccccc5c5ccccc54)c3)cc2)cc1. The van der Waals surface area contributed by atoms with Crippen molar-refractivity contribution in [3.8, 4) is 11.4 Å². The van der Waals surface area contributed by atoms with Gasteiger partial charge in [-0.1, -0.05) is 127 Å². The molecule has 0 saturated carbocycles. The van der Waals surface area contributed by atoms with Crippen molar-refractivity contribution in [1.29, 1.82) is 0 Å². The molecular weight excluding hydrogens is 733 g/mol. The van der Waals surface area contributed by atoms with Crippen LogP contribution in [0.1, 0.15) is 11.7 Å². The molecule has 1 unspecified atom stereocenters. The van der Waals surface area contributed by atoms with Gasteiger partial charge in [-0.25, -0.2) is 4.98 Å². The molecular formula is C54H38N6. The Balaban J connectivity index is 1.04. The van der Waals surface area contributed by atoms with Crippen molar-refractivity contribution in [1.82, 2.24) is 14.1 Å². The zero-order valence-corrected chi connectivity index (χ0v) is 32.6. The highest BCUT2D eigenvalue weighted by Gasteiger charge is 2.35. The number of nitrogens with one attached hydrogen (secondary N) is 1. The molecule has 0 spiro atoms. The Labute approximate surface area is 347 Å². The van der Waals surface area contributed by atoms with Gasteiger partial charge in [-0.15, -0.1) is 0 Å². The molecule has 0 saturated heterocycles. The summed E-state index contributed by atoms with van der Waals surface area (Å²) in [6, 6.07) is 75.8. The summed E-state index contributed by atoms with van der Waals surface area (Å²) >= 11 is 0. The van der Waals surface area contributed by atoms with Crippen LogP contribution in [-0.2, 0) is 0 Å². The lowest BCUT2D eigenvalue weighted by atomic mass is 10.1. The minimum atomic E-state index is -0.258. The van der Waals surface area contributed by atoms with E-state index in [-0.39, 0.29) is 6.17 Å². The molecule has 8 aromatic carbocycles. The third-order valence-corrected chi connectivity index (χ3v) is 11.9. The lowest BCUT2D eigenvalue weighted by Crippen LogP contribution is -2.24. The molecule has 6 nitrogen and oxygen atoms in total. The molecule has 12 rings (SSSR count). The Hall–Kier alpha value is -8.09. The Kier molecular flexibility index (Phi) is 7.81. The van der Waals surface area contributed by atoms with E-state index in [1.165, 1.54) is 32.6 Å². The van der Waals surface area contributed by atoms with Gasteiger partial charge in [0.05, 0.1) is 27.8 Å². The lowest BCUT2D eigenvalue weighted by Gasteiger charge is -2.28. The van der Waals surface area contributed by atoms with E-state index in [1.807, 2.05) is 6.20 Å². The first-order valence-corrected chi connectivity index (χ1v) is 20.4. The normalized spacial score (nSPS) is 13.6. The van der Waals surface area contributed by atoms with Crippen LogP contribution >= 0.6 is 0 Å². The highest BCUT2D eigenvalue weighted by Crippen LogP contribution is 2.49. The number of benzene rings is 8. The minimum Gasteiger partial charge on any atom is -0.356 e.